The summed E-state index contributed by atoms with van der Waals surface area (Å²) < 4.78 is 33.5. The summed E-state index contributed by atoms with van der Waals surface area (Å²) in [5.74, 6) is -1.47. The largest absolute Gasteiger partial charge is 0.373 e. The van der Waals surface area contributed by atoms with Gasteiger partial charge in [-0.15, -0.1) is 0 Å². The second-order valence-electron chi connectivity index (χ2n) is 4.94. The molecule has 1 aliphatic rings. The van der Waals surface area contributed by atoms with Gasteiger partial charge in [0.2, 0.25) is 0 Å². The molecule has 1 aromatic carbocycles. The Morgan fingerprint density at radius 2 is 2.00 bits per heavy atom. The highest BCUT2D eigenvalue weighted by atomic mass is 19.2. The molecule has 0 saturated carbocycles. The van der Waals surface area contributed by atoms with Crippen LogP contribution in [0.15, 0.2) is 18.2 Å². The van der Waals surface area contributed by atoms with Gasteiger partial charge in [-0.2, -0.15) is 0 Å². The molecule has 0 spiro atoms. The van der Waals surface area contributed by atoms with Gasteiger partial charge in [-0.05, 0) is 30.4 Å². The monoisotopic (exact) mass is 266 g/mol. The first-order chi connectivity index (χ1) is 9.17. The van der Waals surface area contributed by atoms with E-state index in [0.717, 1.165) is 24.8 Å². The molecule has 1 heterocycles. The second-order valence-corrected chi connectivity index (χ2v) is 4.94. The number of benzene rings is 1. The van der Waals surface area contributed by atoms with Gasteiger partial charge in [-0.3, -0.25) is 0 Å². The van der Waals surface area contributed by atoms with Gasteiger partial charge in [-0.1, -0.05) is 38.5 Å². The average molecular weight is 266 g/mol. The Kier molecular flexibility index (Phi) is 4.70. The first kappa shape index (κ1) is 14.2. The van der Waals surface area contributed by atoms with E-state index in [1.165, 1.54) is 0 Å². The lowest BCUT2D eigenvalue weighted by atomic mass is 9.98. The fourth-order valence-corrected chi connectivity index (χ4v) is 2.43. The molecule has 0 bridgehead atoms. The molecule has 1 aliphatic heterocycles. The fourth-order valence-electron chi connectivity index (χ4n) is 2.43. The molecule has 0 saturated heterocycles. The van der Waals surface area contributed by atoms with Crippen LogP contribution in [0.2, 0.25) is 0 Å². The van der Waals surface area contributed by atoms with Crippen LogP contribution in [-0.2, 0) is 11.2 Å². The molecule has 0 aromatic heterocycles. The molecule has 3 heteroatoms. The van der Waals surface area contributed by atoms with Crippen molar-refractivity contribution in [2.45, 2.75) is 45.6 Å². The van der Waals surface area contributed by atoms with Crippen LogP contribution in [0, 0.1) is 11.6 Å². The molecular weight excluding hydrogens is 246 g/mol. The van der Waals surface area contributed by atoms with Crippen LogP contribution >= 0.6 is 0 Å². The maximum atomic E-state index is 14.0. The maximum Gasteiger partial charge on any atom is 0.166 e. The highest BCUT2D eigenvalue weighted by molar-refractivity contribution is 5.67. The van der Waals surface area contributed by atoms with Gasteiger partial charge in [-0.25, -0.2) is 8.78 Å². The third-order valence-electron chi connectivity index (χ3n) is 3.60. The van der Waals surface area contributed by atoms with Crippen molar-refractivity contribution < 1.29 is 13.5 Å². The van der Waals surface area contributed by atoms with Crippen molar-refractivity contribution in [3.63, 3.8) is 0 Å². The number of ether oxygens (including phenoxy) is 1. The van der Waals surface area contributed by atoms with Gasteiger partial charge in [0, 0.05) is 5.56 Å². The fraction of sp³-hybridized carbons (Fsp3) is 0.500. The van der Waals surface area contributed by atoms with Crippen molar-refractivity contribution >= 4 is 5.57 Å². The van der Waals surface area contributed by atoms with E-state index in [-0.39, 0.29) is 6.10 Å². The third kappa shape index (κ3) is 3.03. The van der Waals surface area contributed by atoms with Crippen molar-refractivity contribution in [2.75, 3.05) is 6.61 Å². The lowest BCUT2D eigenvalue weighted by Gasteiger charge is -2.23. The summed E-state index contributed by atoms with van der Waals surface area (Å²) in [6, 6.07) is 3.32. The van der Waals surface area contributed by atoms with Crippen molar-refractivity contribution in [3.8, 4) is 0 Å². The number of halogens is 2. The van der Waals surface area contributed by atoms with E-state index in [1.807, 2.05) is 13.0 Å². The molecule has 104 valence electrons. The molecule has 1 nitrogen and oxygen atoms in total. The third-order valence-corrected chi connectivity index (χ3v) is 3.60. The Labute approximate surface area is 113 Å². The van der Waals surface area contributed by atoms with Gasteiger partial charge in [0.1, 0.15) is 0 Å². The molecule has 1 aromatic rings. The van der Waals surface area contributed by atoms with E-state index in [4.69, 9.17) is 4.74 Å². The molecule has 0 N–H and O–H groups in total. The van der Waals surface area contributed by atoms with E-state index >= 15 is 0 Å². The molecule has 1 atom stereocenters. The lowest BCUT2D eigenvalue weighted by molar-refractivity contribution is 0.0659. The van der Waals surface area contributed by atoms with Crippen LogP contribution in [0.25, 0.3) is 5.57 Å². The van der Waals surface area contributed by atoms with Crippen LogP contribution in [-0.4, -0.2) is 12.7 Å². The average Bonchev–Trinajstić information content (AvgIpc) is 2.43. The zero-order chi connectivity index (χ0) is 13.8. The highest BCUT2D eigenvalue weighted by Crippen LogP contribution is 2.28. The molecule has 0 amide bonds. The van der Waals surface area contributed by atoms with Gasteiger partial charge >= 0.3 is 0 Å². The molecular formula is C16H20F2O. The first-order valence-corrected chi connectivity index (χ1v) is 6.95. The minimum atomic E-state index is -0.747. The Morgan fingerprint density at radius 3 is 2.58 bits per heavy atom. The summed E-state index contributed by atoms with van der Waals surface area (Å²) in [4.78, 5) is 0. The second kappa shape index (κ2) is 6.29. The summed E-state index contributed by atoms with van der Waals surface area (Å²) in [6.45, 7) is 4.30. The molecule has 0 aliphatic carbocycles. The minimum absolute atomic E-state index is 0.219. The minimum Gasteiger partial charge on any atom is -0.373 e. The van der Waals surface area contributed by atoms with Crippen LogP contribution in [0.4, 0.5) is 8.78 Å². The summed E-state index contributed by atoms with van der Waals surface area (Å²) in [7, 11) is 0. The SMILES string of the molecule is CCCC1CC=C(c2ccc(CC)c(F)c2F)CO1. The van der Waals surface area contributed by atoms with E-state index in [9.17, 15) is 8.78 Å². The Hall–Kier alpha value is -1.22. The maximum absolute atomic E-state index is 14.0. The van der Waals surface area contributed by atoms with E-state index < -0.39 is 11.6 Å². The van der Waals surface area contributed by atoms with Crippen molar-refractivity contribution in [1.29, 1.82) is 0 Å². The van der Waals surface area contributed by atoms with Gasteiger partial charge in [0.05, 0.1) is 12.7 Å². The summed E-state index contributed by atoms with van der Waals surface area (Å²) in [5.41, 5.74) is 1.51. The quantitative estimate of drug-likeness (QED) is 0.779. The molecule has 19 heavy (non-hydrogen) atoms. The molecule has 0 radical (unpaired) electrons. The Bertz CT molecular complexity index is 480. The van der Waals surface area contributed by atoms with Crippen molar-refractivity contribution in [1.82, 2.24) is 0 Å². The molecule has 0 fully saturated rings. The predicted octanol–water partition coefficient (Wildman–Crippen LogP) is 4.50. The van der Waals surface area contributed by atoms with Crippen molar-refractivity contribution in [3.05, 3.63) is 41.0 Å². The predicted molar refractivity (Wildman–Crippen MR) is 73.0 cm³/mol. The summed E-state index contributed by atoms with van der Waals surface area (Å²) >= 11 is 0. The smallest absolute Gasteiger partial charge is 0.166 e. The summed E-state index contributed by atoms with van der Waals surface area (Å²) in [6.07, 6.45) is 5.55. The van der Waals surface area contributed by atoms with Crippen LogP contribution in [0.3, 0.4) is 0 Å². The number of hydrogen-bond acceptors (Lipinski definition) is 1. The summed E-state index contributed by atoms with van der Waals surface area (Å²) in [5, 5.41) is 0. The van der Waals surface area contributed by atoms with Crippen LogP contribution < -0.4 is 0 Å². The number of hydrogen-bond donors (Lipinski definition) is 0. The first-order valence-electron chi connectivity index (χ1n) is 6.95. The van der Waals surface area contributed by atoms with Crippen molar-refractivity contribution in [2.24, 2.45) is 0 Å². The molecule has 2 rings (SSSR count). The standard InChI is InChI=1S/C16H20F2O/c1-3-5-13-8-6-12(10-19-13)14-9-7-11(4-2)15(17)16(14)18/h6-7,9,13H,3-5,8,10H2,1-2H3. The number of aryl methyl sites for hydroxylation is 1. The zero-order valence-corrected chi connectivity index (χ0v) is 11.5. The molecule has 1 unspecified atom stereocenters. The van der Waals surface area contributed by atoms with Crippen LogP contribution in [0.1, 0.15) is 44.2 Å². The topological polar surface area (TPSA) is 9.23 Å². The Morgan fingerprint density at radius 1 is 1.21 bits per heavy atom. The normalized spacial score (nSPS) is 19.4. The van der Waals surface area contributed by atoms with Crippen LogP contribution in [0.5, 0.6) is 0 Å². The van der Waals surface area contributed by atoms with Gasteiger partial charge < -0.3 is 4.74 Å². The lowest BCUT2D eigenvalue weighted by Crippen LogP contribution is -2.18. The zero-order valence-electron chi connectivity index (χ0n) is 11.5. The van der Waals surface area contributed by atoms with Gasteiger partial charge in [0.25, 0.3) is 0 Å². The van der Waals surface area contributed by atoms with Gasteiger partial charge in [0.15, 0.2) is 11.6 Å². The highest BCUT2D eigenvalue weighted by Gasteiger charge is 2.20. The Balaban J connectivity index is 2.22. The number of rotatable bonds is 4. The van der Waals surface area contributed by atoms with E-state index in [2.05, 4.69) is 6.92 Å². The van der Waals surface area contributed by atoms with E-state index in [1.54, 1.807) is 12.1 Å². The van der Waals surface area contributed by atoms with E-state index in [0.29, 0.717) is 24.2 Å².